The summed E-state index contributed by atoms with van der Waals surface area (Å²) in [5.41, 5.74) is -0.302. The Morgan fingerprint density at radius 1 is 1.04 bits per heavy atom. The molecule has 0 aliphatic heterocycles. The van der Waals surface area contributed by atoms with Gasteiger partial charge in [0.25, 0.3) is 0 Å². The molecule has 10 heteroatoms. The van der Waals surface area contributed by atoms with Crippen LogP contribution in [0.3, 0.4) is 0 Å². The van der Waals surface area contributed by atoms with Crippen molar-refractivity contribution >= 4 is 31.5 Å². The predicted octanol–water partition coefficient (Wildman–Crippen LogP) is 3.46. The van der Waals surface area contributed by atoms with E-state index in [0.717, 1.165) is 24.5 Å². The highest BCUT2D eigenvalue weighted by Crippen LogP contribution is 2.35. The maximum Gasteiger partial charge on any atom is 0.208 e. The van der Waals surface area contributed by atoms with E-state index in [1.807, 2.05) is 0 Å². The van der Waals surface area contributed by atoms with Crippen molar-refractivity contribution in [3.05, 3.63) is 64.7 Å². The zero-order valence-electron chi connectivity index (χ0n) is 14.3. The topological polar surface area (TPSA) is 80.3 Å². The molecule has 0 radical (unpaired) electrons. The molecular formula is C17H18ClF2NO4S2. The summed E-state index contributed by atoms with van der Waals surface area (Å²) >= 11 is 5.78. The molecule has 2 aromatic carbocycles. The molecule has 2 rings (SSSR count). The van der Waals surface area contributed by atoms with E-state index in [-0.39, 0.29) is 29.8 Å². The van der Waals surface area contributed by atoms with Crippen LogP contribution in [0.2, 0.25) is 5.02 Å². The molecule has 0 bridgehead atoms. The molecule has 27 heavy (non-hydrogen) atoms. The second kappa shape index (κ2) is 8.64. The summed E-state index contributed by atoms with van der Waals surface area (Å²) in [6, 6.07) is 7.96. The van der Waals surface area contributed by atoms with Crippen LogP contribution in [0.1, 0.15) is 23.7 Å². The Kier molecular flexibility index (Phi) is 6.96. The quantitative estimate of drug-likeness (QED) is 0.641. The maximum absolute atomic E-state index is 14.3. The molecule has 1 atom stereocenters. The number of hydrogen-bond donors (Lipinski definition) is 1. The minimum atomic E-state index is -4.07. The summed E-state index contributed by atoms with van der Waals surface area (Å²) in [4.78, 5) is -0.0865. The van der Waals surface area contributed by atoms with Gasteiger partial charge in [0.15, 0.2) is 9.84 Å². The molecule has 0 heterocycles. The summed E-state index contributed by atoms with van der Waals surface area (Å²) in [6.07, 6.45) is 0.982. The smallest absolute Gasteiger partial charge is 0.208 e. The van der Waals surface area contributed by atoms with Crippen molar-refractivity contribution in [3.63, 3.8) is 0 Å². The summed E-state index contributed by atoms with van der Waals surface area (Å²) in [7, 11) is -7.51. The van der Waals surface area contributed by atoms with Gasteiger partial charge in [-0.25, -0.2) is 30.3 Å². The Morgan fingerprint density at radius 3 is 2.26 bits per heavy atom. The highest BCUT2D eigenvalue weighted by Gasteiger charge is 2.31. The van der Waals surface area contributed by atoms with Gasteiger partial charge in [-0.15, -0.1) is 0 Å². The first-order chi connectivity index (χ1) is 12.5. The number of sulfone groups is 1. The van der Waals surface area contributed by atoms with Crippen LogP contribution < -0.4 is 4.72 Å². The number of benzene rings is 2. The van der Waals surface area contributed by atoms with Crippen LogP contribution in [0.4, 0.5) is 8.78 Å². The average molecular weight is 438 g/mol. The van der Waals surface area contributed by atoms with Gasteiger partial charge in [-0.3, -0.25) is 0 Å². The van der Waals surface area contributed by atoms with E-state index in [4.69, 9.17) is 11.6 Å². The molecule has 0 amide bonds. The van der Waals surface area contributed by atoms with Crippen molar-refractivity contribution < 1.29 is 25.6 Å². The van der Waals surface area contributed by atoms with Gasteiger partial charge in [0.2, 0.25) is 10.0 Å². The van der Waals surface area contributed by atoms with Crippen LogP contribution in [-0.2, 0) is 19.9 Å². The molecule has 0 saturated heterocycles. The van der Waals surface area contributed by atoms with Crippen molar-refractivity contribution in [2.24, 2.45) is 0 Å². The number of hydrogen-bond acceptors (Lipinski definition) is 4. The van der Waals surface area contributed by atoms with E-state index in [1.165, 1.54) is 24.3 Å². The lowest BCUT2D eigenvalue weighted by Gasteiger charge is -2.19. The van der Waals surface area contributed by atoms with Gasteiger partial charge in [-0.2, -0.15) is 0 Å². The zero-order chi connectivity index (χ0) is 20.2. The highest BCUT2D eigenvalue weighted by molar-refractivity contribution is 7.91. The fourth-order valence-electron chi connectivity index (χ4n) is 2.57. The largest absolute Gasteiger partial charge is 0.223 e. The molecule has 5 nitrogen and oxygen atoms in total. The first kappa shape index (κ1) is 21.7. The molecule has 0 aliphatic carbocycles. The Morgan fingerprint density at radius 2 is 1.67 bits per heavy atom. The number of rotatable bonds is 8. The standard InChI is InChI=1S/C17H18ClF2NO4S2/c1-26(22,23)21-10-2-3-17(15-11-13(19)6-9-16(15)20)27(24,25)14-7-4-12(18)5-8-14/h4-9,11,17,21H,2-3,10H2,1H3. The normalized spacial score (nSPS) is 13.5. The van der Waals surface area contributed by atoms with Crippen molar-refractivity contribution in [3.8, 4) is 0 Å². The van der Waals surface area contributed by atoms with E-state index >= 15 is 0 Å². The molecule has 0 spiro atoms. The zero-order valence-corrected chi connectivity index (χ0v) is 16.7. The van der Waals surface area contributed by atoms with Gasteiger partial charge in [-0.1, -0.05) is 11.6 Å². The van der Waals surface area contributed by atoms with Crippen molar-refractivity contribution in [1.29, 1.82) is 0 Å². The number of nitrogens with one attached hydrogen (secondary N) is 1. The Balaban J connectivity index is 2.39. The van der Waals surface area contributed by atoms with Gasteiger partial charge in [-0.05, 0) is 55.3 Å². The van der Waals surface area contributed by atoms with Gasteiger partial charge in [0.1, 0.15) is 11.6 Å². The summed E-state index contributed by atoms with van der Waals surface area (Å²) in [5, 5.41) is -1.05. The lowest BCUT2D eigenvalue weighted by atomic mass is 10.1. The number of halogens is 3. The SMILES string of the molecule is CS(=O)(=O)NCCCC(c1cc(F)ccc1F)S(=O)(=O)c1ccc(Cl)cc1. The lowest BCUT2D eigenvalue weighted by Crippen LogP contribution is -2.24. The molecule has 0 fully saturated rings. The van der Waals surface area contributed by atoms with E-state index in [9.17, 15) is 25.6 Å². The van der Waals surface area contributed by atoms with E-state index in [1.54, 1.807) is 0 Å². The van der Waals surface area contributed by atoms with Crippen LogP contribution in [0.5, 0.6) is 0 Å². The van der Waals surface area contributed by atoms with Crippen molar-refractivity contribution in [1.82, 2.24) is 4.72 Å². The van der Waals surface area contributed by atoms with Crippen molar-refractivity contribution in [2.75, 3.05) is 12.8 Å². The Labute approximate surface area is 162 Å². The second-order valence-electron chi connectivity index (χ2n) is 5.96. The summed E-state index contributed by atoms with van der Waals surface area (Å²) in [6.45, 7) is -0.0254. The van der Waals surface area contributed by atoms with Crippen LogP contribution in [-0.4, -0.2) is 29.6 Å². The van der Waals surface area contributed by atoms with Gasteiger partial charge in [0, 0.05) is 17.1 Å². The molecule has 2 aromatic rings. The second-order valence-corrected chi connectivity index (χ2v) is 10.4. The average Bonchev–Trinajstić information content (AvgIpc) is 2.56. The third-order valence-electron chi connectivity index (χ3n) is 3.83. The molecular weight excluding hydrogens is 420 g/mol. The Bertz CT molecular complexity index is 1010. The minimum absolute atomic E-state index is 0.0254. The third kappa shape index (κ3) is 5.97. The first-order valence-electron chi connectivity index (χ1n) is 7.90. The summed E-state index contributed by atoms with van der Waals surface area (Å²) in [5.74, 6) is -1.62. The summed E-state index contributed by atoms with van der Waals surface area (Å²) < 4.78 is 78.5. The van der Waals surface area contributed by atoms with Crippen LogP contribution in [0, 0.1) is 11.6 Å². The minimum Gasteiger partial charge on any atom is -0.223 e. The van der Waals surface area contributed by atoms with Crippen molar-refractivity contribution in [2.45, 2.75) is 23.0 Å². The first-order valence-corrected chi connectivity index (χ1v) is 11.7. The van der Waals surface area contributed by atoms with Gasteiger partial charge >= 0.3 is 0 Å². The highest BCUT2D eigenvalue weighted by atomic mass is 35.5. The maximum atomic E-state index is 14.3. The van der Waals surface area contributed by atoms with E-state index < -0.39 is 36.7 Å². The molecule has 1 unspecified atom stereocenters. The molecule has 1 N–H and O–H groups in total. The molecule has 0 aliphatic rings. The Hall–Kier alpha value is -1.55. The molecule has 0 aromatic heterocycles. The molecule has 148 valence electrons. The predicted molar refractivity (Wildman–Crippen MR) is 99.8 cm³/mol. The number of sulfonamides is 1. The monoisotopic (exact) mass is 437 g/mol. The third-order valence-corrected chi connectivity index (χ3v) is 6.98. The van der Waals surface area contributed by atoms with E-state index in [2.05, 4.69) is 4.72 Å². The van der Waals surface area contributed by atoms with E-state index in [0.29, 0.717) is 5.02 Å². The van der Waals surface area contributed by atoms with Crippen LogP contribution >= 0.6 is 11.6 Å². The fraction of sp³-hybridized carbons (Fsp3) is 0.294. The van der Waals surface area contributed by atoms with Gasteiger partial charge < -0.3 is 0 Å². The fourth-order valence-corrected chi connectivity index (χ4v) is 5.05. The lowest BCUT2D eigenvalue weighted by molar-refractivity contribution is 0.543. The van der Waals surface area contributed by atoms with Gasteiger partial charge in [0.05, 0.1) is 16.4 Å². The van der Waals surface area contributed by atoms with Crippen LogP contribution in [0.15, 0.2) is 47.4 Å². The van der Waals surface area contributed by atoms with Crippen LogP contribution in [0.25, 0.3) is 0 Å². The molecule has 0 saturated carbocycles.